The zero-order valence-corrected chi connectivity index (χ0v) is 16.9. The molecule has 0 radical (unpaired) electrons. The number of carbonyl (C=O) groups excluding carboxylic acids is 1. The van der Waals surface area contributed by atoms with Crippen LogP contribution in [0.3, 0.4) is 0 Å². The molecule has 1 saturated heterocycles. The van der Waals surface area contributed by atoms with Gasteiger partial charge in [0.25, 0.3) is 0 Å². The van der Waals surface area contributed by atoms with Gasteiger partial charge in [-0.15, -0.1) is 0 Å². The summed E-state index contributed by atoms with van der Waals surface area (Å²) in [7, 11) is 0. The third-order valence-electron chi connectivity index (χ3n) is 4.60. The summed E-state index contributed by atoms with van der Waals surface area (Å²) in [6.45, 7) is 10.3. The van der Waals surface area contributed by atoms with Gasteiger partial charge in [0.15, 0.2) is 5.65 Å². The van der Waals surface area contributed by atoms with Crippen molar-refractivity contribution >= 4 is 34.6 Å². The summed E-state index contributed by atoms with van der Waals surface area (Å²) in [6, 6.07) is 3.52. The fraction of sp³-hybridized carbons (Fsp3) is 0.632. The summed E-state index contributed by atoms with van der Waals surface area (Å²) in [6.07, 6.45) is 3.28. The minimum Gasteiger partial charge on any atom is -0.372 e. The van der Waals surface area contributed by atoms with Crippen LogP contribution in [0.4, 0.5) is 5.95 Å². The standard InChI is InChI=1S/C19H27ClN4O2/c1-18(2,3)24-16-13(8-9-14(20)22-16)21-17(24)23-15(25)11-12-7-6-10-19(4,5)26-12/h8-9,12H,6-7,10-11H2,1-5H3,(H,21,23,25)/t12-/m1/s1. The van der Waals surface area contributed by atoms with Gasteiger partial charge in [-0.2, -0.15) is 0 Å². The van der Waals surface area contributed by atoms with E-state index in [1.165, 1.54) is 0 Å². The predicted molar refractivity (Wildman–Crippen MR) is 104 cm³/mol. The van der Waals surface area contributed by atoms with E-state index < -0.39 is 0 Å². The van der Waals surface area contributed by atoms with Gasteiger partial charge in [0.2, 0.25) is 11.9 Å². The lowest BCUT2D eigenvalue weighted by Crippen LogP contribution is -2.37. The first kappa shape index (κ1) is 19.1. The van der Waals surface area contributed by atoms with Gasteiger partial charge in [0, 0.05) is 5.54 Å². The van der Waals surface area contributed by atoms with Crippen molar-refractivity contribution in [3.05, 3.63) is 17.3 Å². The Kier molecular flexibility index (Phi) is 5.01. The fourth-order valence-electron chi connectivity index (χ4n) is 3.50. The third-order valence-corrected chi connectivity index (χ3v) is 4.81. The molecule has 3 heterocycles. The number of nitrogens with zero attached hydrogens (tertiary/aromatic N) is 3. The molecular formula is C19H27ClN4O2. The molecule has 142 valence electrons. The summed E-state index contributed by atoms with van der Waals surface area (Å²) in [4.78, 5) is 21.6. The zero-order chi connectivity index (χ0) is 19.1. The average molecular weight is 379 g/mol. The van der Waals surface area contributed by atoms with Crippen molar-refractivity contribution in [3.63, 3.8) is 0 Å². The number of anilines is 1. The number of ether oxygens (including phenoxy) is 1. The number of hydrogen-bond acceptors (Lipinski definition) is 4. The van der Waals surface area contributed by atoms with Crippen molar-refractivity contribution in [1.29, 1.82) is 0 Å². The molecule has 6 nitrogen and oxygen atoms in total. The molecular weight excluding hydrogens is 352 g/mol. The van der Waals surface area contributed by atoms with Crippen molar-refractivity contribution < 1.29 is 9.53 Å². The Bertz CT molecular complexity index is 823. The molecule has 1 aliphatic heterocycles. The van der Waals surface area contributed by atoms with E-state index in [-0.39, 0.29) is 23.2 Å². The highest BCUT2D eigenvalue weighted by atomic mass is 35.5. The van der Waals surface area contributed by atoms with Crippen LogP contribution in [0, 0.1) is 0 Å². The fourth-order valence-corrected chi connectivity index (χ4v) is 3.65. The Balaban J connectivity index is 1.83. The maximum Gasteiger partial charge on any atom is 0.229 e. The summed E-state index contributed by atoms with van der Waals surface area (Å²) >= 11 is 6.06. The van der Waals surface area contributed by atoms with E-state index in [4.69, 9.17) is 16.3 Å². The second kappa shape index (κ2) is 6.82. The Morgan fingerprint density at radius 3 is 2.77 bits per heavy atom. The molecule has 1 fully saturated rings. The molecule has 2 aromatic heterocycles. The number of carbonyl (C=O) groups is 1. The lowest BCUT2D eigenvalue weighted by Gasteiger charge is -2.35. The van der Waals surface area contributed by atoms with Crippen LogP contribution in [0.15, 0.2) is 12.1 Å². The highest BCUT2D eigenvalue weighted by molar-refractivity contribution is 6.29. The first-order valence-corrected chi connectivity index (χ1v) is 9.46. The van der Waals surface area contributed by atoms with Crippen LogP contribution in [0.5, 0.6) is 0 Å². The van der Waals surface area contributed by atoms with Crippen molar-refractivity contribution in [1.82, 2.24) is 14.5 Å². The maximum atomic E-state index is 12.6. The van der Waals surface area contributed by atoms with Gasteiger partial charge in [0.05, 0.1) is 18.1 Å². The first-order valence-electron chi connectivity index (χ1n) is 9.08. The number of imidazole rings is 1. The summed E-state index contributed by atoms with van der Waals surface area (Å²) in [5.74, 6) is 0.391. The van der Waals surface area contributed by atoms with Gasteiger partial charge in [-0.1, -0.05) is 11.6 Å². The molecule has 1 aliphatic rings. The van der Waals surface area contributed by atoms with E-state index in [0.717, 1.165) is 19.3 Å². The van der Waals surface area contributed by atoms with Crippen LogP contribution in [0.25, 0.3) is 11.2 Å². The number of rotatable bonds is 3. The summed E-state index contributed by atoms with van der Waals surface area (Å²) in [5.41, 5.74) is 0.894. The Morgan fingerprint density at radius 2 is 2.12 bits per heavy atom. The minimum absolute atomic E-state index is 0.0567. The number of fused-ring (bicyclic) bond motifs is 1. The van der Waals surface area contributed by atoms with Crippen LogP contribution in [0.1, 0.15) is 60.3 Å². The highest BCUT2D eigenvalue weighted by Crippen LogP contribution is 2.31. The number of aromatic nitrogens is 3. The Morgan fingerprint density at radius 1 is 1.38 bits per heavy atom. The first-order chi connectivity index (χ1) is 12.0. The van der Waals surface area contributed by atoms with E-state index in [9.17, 15) is 4.79 Å². The number of amides is 1. The molecule has 1 atom stereocenters. The predicted octanol–water partition coefficient (Wildman–Crippen LogP) is 4.52. The monoisotopic (exact) mass is 378 g/mol. The van der Waals surface area contributed by atoms with Gasteiger partial charge in [-0.3, -0.25) is 14.7 Å². The Labute approximate surface area is 159 Å². The van der Waals surface area contributed by atoms with Crippen LogP contribution >= 0.6 is 11.6 Å². The van der Waals surface area contributed by atoms with E-state index in [1.54, 1.807) is 6.07 Å². The van der Waals surface area contributed by atoms with E-state index >= 15 is 0 Å². The van der Waals surface area contributed by atoms with E-state index in [1.807, 2.05) is 31.4 Å². The quantitative estimate of drug-likeness (QED) is 0.797. The van der Waals surface area contributed by atoms with Crippen molar-refractivity contribution in [2.24, 2.45) is 0 Å². The molecule has 0 saturated carbocycles. The van der Waals surface area contributed by atoms with Gasteiger partial charge >= 0.3 is 0 Å². The average Bonchev–Trinajstić information content (AvgIpc) is 2.82. The summed E-state index contributed by atoms with van der Waals surface area (Å²) in [5, 5.41) is 3.35. The number of hydrogen-bond donors (Lipinski definition) is 1. The second-order valence-electron chi connectivity index (χ2n) is 8.56. The molecule has 26 heavy (non-hydrogen) atoms. The normalized spacial score (nSPS) is 20.3. The largest absolute Gasteiger partial charge is 0.372 e. The maximum absolute atomic E-state index is 12.6. The molecule has 0 unspecified atom stereocenters. The minimum atomic E-state index is -0.307. The second-order valence-corrected chi connectivity index (χ2v) is 8.95. The van der Waals surface area contributed by atoms with Crippen LogP contribution in [-0.4, -0.2) is 32.1 Å². The van der Waals surface area contributed by atoms with Crippen LogP contribution in [0.2, 0.25) is 5.15 Å². The van der Waals surface area contributed by atoms with Crippen molar-refractivity contribution in [2.75, 3.05) is 5.32 Å². The van der Waals surface area contributed by atoms with Gasteiger partial charge in [0.1, 0.15) is 10.7 Å². The van der Waals surface area contributed by atoms with E-state index in [2.05, 4.69) is 29.1 Å². The van der Waals surface area contributed by atoms with Gasteiger partial charge < -0.3 is 4.74 Å². The molecule has 0 spiro atoms. The van der Waals surface area contributed by atoms with Crippen molar-refractivity contribution in [2.45, 2.75) is 77.5 Å². The number of nitrogens with one attached hydrogen (secondary N) is 1. The van der Waals surface area contributed by atoms with Crippen molar-refractivity contribution in [3.8, 4) is 0 Å². The molecule has 1 N–H and O–H groups in total. The van der Waals surface area contributed by atoms with Crippen LogP contribution < -0.4 is 5.32 Å². The lowest BCUT2D eigenvalue weighted by molar-refractivity contribution is -0.131. The molecule has 0 aliphatic carbocycles. The highest BCUT2D eigenvalue weighted by Gasteiger charge is 2.30. The summed E-state index contributed by atoms with van der Waals surface area (Å²) < 4.78 is 7.95. The SMILES string of the molecule is CC1(C)CCC[C@H](CC(=O)Nc2nc3ccc(Cl)nc3n2C(C)(C)C)O1. The molecule has 7 heteroatoms. The molecule has 3 rings (SSSR count). The molecule has 0 bridgehead atoms. The topological polar surface area (TPSA) is 69.0 Å². The lowest BCUT2D eigenvalue weighted by atomic mass is 9.94. The molecule has 2 aromatic rings. The Hall–Kier alpha value is -1.66. The molecule has 1 amide bonds. The third kappa shape index (κ3) is 4.18. The smallest absolute Gasteiger partial charge is 0.229 e. The number of halogens is 1. The van der Waals surface area contributed by atoms with E-state index in [0.29, 0.717) is 28.7 Å². The molecule has 0 aromatic carbocycles. The number of pyridine rings is 1. The van der Waals surface area contributed by atoms with Crippen LogP contribution in [-0.2, 0) is 15.1 Å². The van der Waals surface area contributed by atoms with Gasteiger partial charge in [-0.25, -0.2) is 9.97 Å². The zero-order valence-electron chi connectivity index (χ0n) is 16.1. The van der Waals surface area contributed by atoms with Gasteiger partial charge in [-0.05, 0) is 66.0 Å².